The highest BCUT2D eigenvalue weighted by atomic mass is 32.2. The third-order valence-corrected chi connectivity index (χ3v) is 4.27. The number of rotatable bonds is 8. The number of allylic oxidation sites excluding steroid dienone is 2. The van der Waals surface area contributed by atoms with Crippen molar-refractivity contribution in [3.63, 3.8) is 0 Å². The normalized spacial score (nSPS) is 17.2. The molecule has 0 fully saturated rings. The van der Waals surface area contributed by atoms with Crippen LogP contribution in [0.1, 0.15) is 0 Å². The lowest BCUT2D eigenvalue weighted by atomic mass is 9.93. The molecule has 0 amide bonds. The molecule has 0 bridgehead atoms. The van der Waals surface area contributed by atoms with Crippen molar-refractivity contribution in [2.75, 3.05) is 0 Å². The molecule has 0 aliphatic carbocycles. The number of hydrogen-bond donors (Lipinski definition) is 1. The molecule has 33 heavy (non-hydrogen) atoms. The van der Waals surface area contributed by atoms with Gasteiger partial charge in [0.25, 0.3) is 0 Å². The van der Waals surface area contributed by atoms with Gasteiger partial charge in [-0.25, -0.2) is 8.78 Å². The van der Waals surface area contributed by atoms with E-state index in [0.29, 0.717) is 0 Å². The summed E-state index contributed by atoms with van der Waals surface area (Å²) in [6.07, 6.45) is -7.46. The Balaban J connectivity index is 7.06. The Kier molecular flexibility index (Phi) is 7.27. The molecule has 0 aliphatic heterocycles. The van der Waals surface area contributed by atoms with Gasteiger partial charge in [-0.2, -0.15) is 83.1 Å². The molecule has 0 radical (unpaired) electrons. The smallest absolute Gasteiger partial charge is 0.281 e. The fourth-order valence-corrected chi connectivity index (χ4v) is 1.93. The molecule has 0 aliphatic rings. The van der Waals surface area contributed by atoms with Gasteiger partial charge in [-0.15, -0.1) is 0 Å². The van der Waals surface area contributed by atoms with Crippen LogP contribution in [-0.2, 0) is 10.1 Å². The molecule has 23 heteroatoms. The van der Waals surface area contributed by atoms with Crippen LogP contribution in [0.25, 0.3) is 0 Å². The summed E-state index contributed by atoms with van der Waals surface area (Å²) in [6.45, 7) is 0. The van der Waals surface area contributed by atoms with Crippen LogP contribution in [0, 0.1) is 0 Å². The van der Waals surface area contributed by atoms with Crippen molar-refractivity contribution in [1.29, 1.82) is 0 Å². The van der Waals surface area contributed by atoms with E-state index in [2.05, 4.69) is 0 Å². The standard InChI is InChI=1S/C10HF19O3S/c11-1(2(12)4(15,16)9(25,26)27)3(13,14)5(17,18)6(19,20)7(21,22)8(23,24)10(28,29)33(30,31)32/h(H,30,31,32)/b2-1+. The van der Waals surface area contributed by atoms with Gasteiger partial charge in [0.15, 0.2) is 0 Å². The van der Waals surface area contributed by atoms with Crippen molar-refractivity contribution in [2.24, 2.45) is 0 Å². The lowest BCUT2D eigenvalue weighted by Crippen LogP contribution is -2.71. The van der Waals surface area contributed by atoms with Crippen molar-refractivity contribution in [2.45, 2.75) is 47.0 Å². The first-order valence-corrected chi connectivity index (χ1v) is 8.00. The van der Waals surface area contributed by atoms with Gasteiger partial charge >= 0.3 is 57.1 Å². The van der Waals surface area contributed by atoms with Crippen molar-refractivity contribution in [3.8, 4) is 0 Å². The summed E-state index contributed by atoms with van der Waals surface area (Å²) in [5, 5.41) is -7.89. The minimum Gasteiger partial charge on any atom is -0.281 e. The zero-order valence-corrected chi connectivity index (χ0v) is 14.7. The minimum atomic E-state index is -8.88. The van der Waals surface area contributed by atoms with Crippen molar-refractivity contribution >= 4 is 10.1 Å². The van der Waals surface area contributed by atoms with E-state index in [4.69, 9.17) is 4.55 Å². The third-order valence-electron chi connectivity index (χ3n) is 3.37. The lowest BCUT2D eigenvalue weighted by Gasteiger charge is -2.40. The van der Waals surface area contributed by atoms with Gasteiger partial charge in [0.2, 0.25) is 11.7 Å². The second-order valence-corrected chi connectivity index (χ2v) is 7.03. The second kappa shape index (κ2) is 7.66. The van der Waals surface area contributed by atoms with E-state index in [0.717, 1.165) is 0 Å². The molecule has 1 N–H and O–H groups in total. The maximum atomic E-state index is 13.3. The molecule has 0 rings (SSSR count). The number of hydrogen-bond acceptors (Lipinski definition) is 2. The van der Waals surface area contributed by atoms with Gasteiger partial charge in [0, 0.05) is 0 Å². The fourth-order valence-electron chi connectivity index (χ4n) is 1.47. The zero-order valence-electron chi connectivity index (χ0n) is 13.9. The Morgan fingerprint density at radius 1 is 0.485 bits per heavy atom. The molecule has 0 saturated heterocycles. The summed E-state index contributed by atoms with van der Waals surface area (Å²) < 4.78 is 271. The summed E-state index contributed by atoms with van der Waals surface area (Å²) in [7, 11) is -7.95. The summed E-state index contributed by atoms with van der Waals surface area (Å²) in [4.78, 5) is 0. The van der Waals surface area contributed by atoms with E-state index in [1.807, 2.05) is 0 Å². The Morgan fingerprint density at radius 2 is 0.758 bits per heavy atom. The molecule has 198 valence electrons. The van der Waals surface area contributed by atoms with Crippen LogP contribution in [-0.4, -0.2) is 59.9 Å². The SMILES string of the molecule is O=S(=O)(O)C(F)(F)C(F)(F)C(F)(F)C(F)(F)C(F)(F)C(F)(F)/C(F)=C(\F)C(F)(F)C(F)(F)F. The number of halogens is 19. The largest absolute Gasteiger partial charge is 0.460 e. The average molecular weight is 562 g/mol. The van der Waals surface area contributed by atoms with Gasteiger partial charge < -0.3 is 0 Å². The predicted molar refractivity (Wildman–Crippen MR) is 61.5 cm³/mol. The maximum Gasteiger partial charge on any atom is 0.460 e. The van der Waals surface area contributed by atoms with Gasteiger partial charge in [-0.05, 0) is 0 Å². The summed E-state index contributed by atoms with van der Waals surface area (Å²) >= 11 is 0. The van der Waals surface area contributed by atoms with Crippen molar-refractivity contribution in [3.05, 3.63) is 11.7 Å². The topological polar surface area (TPSA) is 54.4 Å². The summed E-state index contributed by atoms with van der Waals surface area (Å²) in [5.41, 5.74) is 0. The molecule has 0 atom stereocenters. The molecular formula is C10HF19O3S. The maximum absolute atomic E-state index is 13.3. The molecule has 0 aromatic heterocycles. The molecule has 0 aromatic rings. The van der Waals surface area contributed by atoms with Crippen LogP contribution in [0.5, 0.6) is 0 Å². The average Bonchev–Trinajstić information content (AvgIpc) is 2.57. The lowest BCUT2D eigenvalue weighted by molar-refractivity contribution is -0.414. The Hall–Kier alpha value is -1.68. The second-order valence-electron chi connectivity index (χ2n) is 5.56. The first-order chi connectivity index (χ1) is 13.8. The first-order valence-electron chi connectivity index (χ1n) is 6.56. The molecule has 0 spiro atoms. The van der Waals surface area contributed by atoms with Crippen LogP contribution in [0.3, 0.4) is 0 Å². The zero-order chi connectivity index (χ0) is 27.7. The van der Waals surface area contributed by atoms with E-state index in [-0.39, 0.29) is 0 Å². The summed E-state index contributed by atoms with van der Waals surface area (Å²) in [6, 6.07) is 0. The molecule has 0 unspecified atom stereocenters. The highest BCUT2D eigenvalue weighted by Gasteiger charge is 2.92. The van der Waals surface area contributed by atoms with Gasteiger partial charge in [0.1, 0.15) is 0 Å². The molecule has 0 aromatic carbocycles. The molecule has 3 nitrogen and oxygen atoms in total. The molecule has 0 saturated carbocycles. The van der Waals surface area contributed by atoms with E-state index in [1.54, 1.807) is 0 Å². The molecular weight excluding hydrogens is 561 g/mol. The Morgan fingerprint density at radius 3 is 1.03 bits per heavy atom. The minimum absolute atomic E-state index is 5.35. The van der Waals surface area contributed by atoms with Crippen LogP contribution < -0.4 is 0 Å². The van der Waals surface area contributed by atoms with Crippen molar-refractivity contribution in [1.82, 2.24) is 0 Å². The van der Waals surface area contributed by atoms with Gasteiger partial charge in [-0.1, -0.05) is 0 Å². The van der Waals surface area contributed by atoms with Gasteiger partial charge in [0.05, 0.1) is 0 Å². The molecule has 0 heterocycles. The Bertz CT molecular complexity index is 895. The monoisotopic (exact) mass is 562 g/mol. The number of alkyl halides is 17. The fraction of sp³-hybridized carbons (Fsp3) is 0.800. The van der Waals surface area contributed by atoms with Crippen molar-refractivity contribution < 1.29 is 96.4 Å². The first kappa shape index (κ1) is 31.3. The van der Waals surface area contributed by atoms with E-state index in [9.17, 15) is 91.8 Å². The highest BCUT2D eigenvalue weighted by Crippen LogP contribution is 2.62. The highest BCUT2D eigenvalue weighted by molar-refractivity contribution is 7.87. The Labute approximate surface area is 166 Å². The summed E-state index contributed by atoms with van der Waals surface area (Å²) in [5.74, 6) is -61.7. The van der Waals surface area contributed by atoms with E-state index in [1.165, 1.54) is 0 Å². The van der Waals surface area contributed by atoms with Crippen LogP contribution >= 0.6 is 0 Å². The van der Waals surface area contributed by atoms with Crippen LogP contribution in [0.15, 0.2) is 11.7 Å². The quantitative estimate of drug-likeness (QED) is 0.292. The van der Waals surface area contributed by atoms with Crippen LogP contribution in [0.2, 0.25) is 0 Å². The third kappa shape index (κ3) is 4.07. The van der Waals surface area contributed by atoms with Crippen LogP contribution in [0.4, 0.5) is 83.4 Å². The predicted octanol–water partition coefficient (Wildman–Crippen LogP) is 5.99. The van der Waals surface area contributed by atoms with E-state index < -0.39 is 68.7 Å². The van der Waals surface area contributed by atoms with Gasteiger partial charge in [-0.3, -0.25) is 4.55 Å². The van der Waals surface area contributed by atoms with E-state index >= 15 is 0 Å².